The summed E-state index contributed by atoms with van der Waals surface area (Å²) in [4.78, 5) is 23.1. The molecule has 26 heavy (non-hydrogen) atoms. The second kappa shape index (κ2) is 7.59. The summed E-state index contributed by atoms with van der Waals surface area (Å²) in [6.45, 7) is 7.64. The van der Waals surface area contributed by atoms with E-state index in [1.165, 1.54) is 0 Å². The monoisotopic (exact) mass is 359 g/mol. The number of carboxylic acids is 1. The van der Waals surface area contributed by atoms with Gasteiger partial charge in [-0.15, -0.1) is 0 Å². The molecule has 1 aromatic carbocycles. The fourth-order valence-corrected chi connectivity index (χ4v) is 2.40. The van der Waals surface area contributed by atoms with Crippen molar-refractivity contribution in [2.75, 3.05) is 6.61 Å². The Morgan fingerprint density at radius 2 is 1.88 bits per heavy atom. The highest BCUT2D eigenvalue weighted by atomic mass is 16.5. The maximum absolute atomic E-state index is 12.6. The minimum absolute atomic E-state index is 0.131. The normalized spacial score (nSPS) is 12.5. The Kier molecular flexibility index (Phi) is 5.69. The summed E-state index contributed by atoms with van der Waals surface area (Å²) in [7, 11) is 1.75. The van der Waals surface area contributed by atoms with Crippen molar-refractivity contribution in [1.82, 2.24) is 15.1 Å². The standard InChI is InChI=1S/C19H25N3O4/c1-12(13-6-8-14(9-7-13)26-11-17(23)24)20-18(25)15-10-16(19(2,3)4)21-22(15)5/h6-10,12H,11H2,1-5H3,(H,20,25)(H,23,24). The van der Waals surface area contributed by atoms with Gasteiger partial charge in [0.05, 0.1) is 11.7 Å². The van der Waals surface area contributed by atoms with Gasteiger partial charge in [0.15, 0.2) is 6.61 Å². The maximum atomic E-state index is 12.6. The number of rotatable bonds is 6. The minimum Gasteiger partial charge on any atom is -0.482 e. The predicted molar refractivity (Wildman–Crippen MR) is 97.4 cm³/mol. The molecule has 7 nitrogen and oxygen atoms in total. The number of benzene rings is 1. The predicted octanol–water partition coefficient (Wildman–Crippen LogP) is 2.67. The number of hydrogen-bond acceptors (Lipinski definition) is 4. The van der Waals surface area contributed by atoms with Gasteiger partial charge in [-0.05, 0) is 30.7 Å². The van der Waals surface area contributed by atoms with Gasteiger partial charge in [0.2, 0.25) is 0 Å². The lowest BCUT2D eigenvalue weighted by molar-refractivity contribution is -0.139. The quantitative estimate of drug-likeness (QED) is 0.827. The summed E-state index contributed by atoms with van der Waals surface area (Å²) < 4.78 is 6.69. The zero-order valence-electron chi connectivity index (χ0n) is 15.7. The van der Waals surface area contributed by atoms with E-state index in [0.717, 1.165) is 11.3 Å². The molecule has 0 saturated heterocycles. The summed E-state index contributed by atoms with van der Waals surface area (Å²) in [6.07, 6.45) is 0. The van der Waals surface area contributed by atoms with Gasteiger partial charge in [-0.3, -0.25) is 9.48 Å². The van der Waals surface area contributed by atoms with Crippen LogP contribution in [0, 0.1) is 0 Å². The highest BCUT2D eigenvalue weighted by Gasteiger charge is 2.22. The molecule has 2 N–H and O–H groups in total. The molecule has 1 amide bonds. The summed E-state index contributed by atoms with van der Waals surface area (Å²) in [5, 5.41) is 16.0. The molecule has 0 aliphatic carbocycles. The summed E-state index contributed by atoms with van der Waals surface area (Å²) in [5.41, 5.74) is 2.12. The SMILES string of the molecule is CC(NC(=O)c1cc(C(C)(C)C)nn1C)c1ccc(OCC(=O)O)cc1. The van der Waals surface area contributed by atoms with Crippen LogP contribution in [0.4, 0.5) is 0 Å². The molecule has 0 aliphatic heterocycles. The summed E-state index contributed by atoms with van der Waals surface area (Å²) in [6, 6.07) is 8.55. The van der Waals surface area contributed by atoms with Gasteiger partial charge in [0.25, 0.3) is 5.91 Å². The first kappa shape index (κ1) is 19.5. The molecule has 0 saturated carbocycles. The summed E-state index contributed by atoms with van der Waals surface area (Å²) >= 11 is 0. The van der Waals surface area contributed by atoms with Crippen LogP contribution < -0.4 is 10.1 Å². The van der Waals surface area contributed by atoms with E-state index in [1.807, 2.05) is 33.8 Å². The van der Waals surface area contributed by atoms with Gasteiger partial charge < -0.3 is 15.2 Å². The van der Waals surface area contributed by atoms with E-state index >= 15 is 0 Å². The van der Waals surface area contributed by atoms with Gasteiger partial charge in [0.1, 0.15) is 11.4 Å². The lowest BCUT2D eigenvalue weighted by Gasteiger charge is -2.15. The van der Waals surface area contributed by atoms with Crippen molar-refractivity contribution in [3.8, 4) is 5.75 Å². The largest absolute Gasteiger partial charge is 0.482 e. The van der Waals surface area contributed by atoms with Crippen molar-refractivity contribution in [1.29, 1.82) is 0 Å². The van der Waals surface area contributed by atoms with Crippen LogP contribution in [0.1, 0.15) is 55.5 Å². The van der Waals surface area contributed by atoms with Crippen molar-refractivity contribution in [2.24, 2.45) is 7.05 Å². The molecule has 0 aliphatic rings. The van der Waals surface area contributed by atoms with Crippen LogP contribution in [0.2, 0.25) is 0 Å². The second-order valence-corrected chi connectivity index (χ2v) is 7.24. The van der Waals surface area contributed by atoms with Crippen LogP contribution in [0.3, 0.4) is 0 Å². The van der Waals surface area contributed by atoms with Crippen LogP contribution in [-0.2, 0) is 17.3 Å². The van der Waals surface area contributed by atoms with E-state index in [2.05, 4.69) is 10.4 Å². The van der Waals surface area contributed by atoms with E-state index in [4.69, 9.17) is 9.84 Å². The average molecular weight is 359 g/mol. The van der Waals surface area contributed by atoms with Crippen LogP contribution >= 0.6 is 0 Å². The number of carbonyl (C=O) groups is 2. The average Bonchev–Trinajstić information content (AvgIpc) is 2.95. The van der Waals surface area contributed by atoms with E-state index in [-0.39, 0.29) is 24.0 Å². The van der Waals surface area contributed by atoms with Crippen molar-refractivity contribution in [2.45, 2.75) is 39.2 Å². The molecule has 7 heteroatoms. The van der Waals surface area contributed by atoms with Gasteiger partial charge in [-0.25, -0.2) is 4.79 Å². The maximum Gasteiger partial charge on any atom is 0.341 e. The van der Waals surface area contributed by atoms with Crippen molar-refractivity contribution >= 4 is 11.9 Å². The number of aliphatic carboxylic acids is 1. The number of aryl methyl sites for hydroxylation is 1. The molecule has 1 unspecified atom stereocenters. The van der Waals surface area contributed by atoms with Gasteiger partial charge >= 0.3 is 5.97 Å². The molecule has 0 spiro atoms. The Morgan fingerprint density at radius 3 is 2.38 bits per heavy atom. The molecule has 0 radical (unpaired) electrons. The number of carboxylic acid groups (broad SMARTS) is 1. The van der Waals surface area contributed by atoms with E-state index in [1.54, 1.807) is 36.0 Å². The highest BCUT2D eigenvalue weighted by molar-refractivity contribution is 5.93. The lowest BCUT2D eigenvalue weighted by atomic mass is 9.92. The van der Waals surface area contributed by atoms with E-state index < -0.39 is 5.97 Å². The fourth-order valence-electron chi connectivity index (χ4n) is 2.40. The first-order valence-electron chi connectivity index (χ1n) is 8.38. The third-order valence-corrected chi connectivity index (χ3v) is 3.97. The van der Waals surface area contributed by atoms with Crippen LogP contribution in [-0.4, -0.2) is 33.4 Å². The number of ether oxygens (including phenoxy) is 1. The highest BCUT2D eigenvalue weighted by Crippen LogP contribution is 2.22. The van der Waals surface area contributed by atoms with E-state index in [0.29, 0.717) is 11.4 Å². The molecule has 2 aromatic rings. The number of amides is 1. The van der Waals surface area contributed by atoms with Crippen molar-refractivity contribution in [3.05, 3.63) is 47.3 Å². The number of hydrogen-bond donors (Lipinski definition) is 2. The molecular weight excluding hydrogens is 334 g/mol. The molecule has 0 fully saturated rings. The first-order valence-corrected chi connectivity index (χ1v) is 8.38. The van der Waals surface area contributed by atoms with Crippen LogP contribution in [0.5, 0.6) is 5.75 Å². The molecule has 1 heterocycles. The number of nitrogens with zero attached hydrogens (tertiary/aromatic N) is 2. The lowest BCUT2D eigenvalue weighted by Crippen LogP contribution is -2.28. The number of aromatic nitrogens is 2. The van der Waals surface area contributed by atoms with Crippen LogP contribution in [0.25, 0.3) is 0 Å². The van der Waals surface area contributed by atoms with Gasteiger partial charge in [0, 0.05) is 12.5 Å². The zero-order chi connectivity index (χ0) is 19.5. The molecule has 1 aromatic heterocycles. The van der Waals surface area contributed by atoms with Crippen LogP contribution in [0.15, 0.2) is 30.3 Å². The third kappa shape index (κ3) is 4.84. The Morgan fingerprint density at radius 1 is 1.27 bits per heavy atom. The minimum atomic E-state index is -1.03. The molecule has 0 bridgehead atoms. The Labute approximate surface area is 153 Å². The summed E-state index contributed by atoms with van der Waals surface area (Å²) in [5.74, 6) is -0.758. The first-order chi connectivity index (χ1) is 12.1. The van der Waals surface area contributed by atoms with Crippen molar-refractivity contribution < 1.29 is 19.4 Å². The Bertz CT molecular complexity index is 788. The number of nitrogens with one attached hydrogen (secondary N) is 1. The zero-order valence-corrected chi connectivity index (χ0v) is 15.7. The van der Waals surface area contributed by atoms with E-state index in [9.17, 15) is 9.59 Å². The third-order valence-electron chi connectivity index (χ3n) is 3.97. The Hall–Kier alpha value is -2.83. The molecule has 1 atom stereocenters. The number of carbonyl (C=O) groups excluding carboxylic acids is 1. The Balaban J connectivity index is 2.05. The molecular formula is C19H25N3O4. The topological polar surface area (TPSA) is 93.5 Å². The van der Waals surface area contributed by atoms with Gasteiger partial charge in [-0.1, -0.05) is 32.9 Å². The second-order valence-electron chi connectivity index (χ2n) is 7.24. The molecule has 140 valence electrons. The molecule has 2 rings (SSSR count). The van der Waals surface area contributed by atoms with Crippen molar-refractivity contribution in [3.63, 3.8) is 0 Å². The fraction of sp³-hybridized carbons (Fsp3) is 0.421. The smallest absolute Gasteiger partial charge is 0.341 e. The van der Waals surface area contributed by atoms with Gasteiger partial charge in [-0.2, -0.15) is 5.10 Å².